The van der Waals surface area contributed by atoms with Gasteiger partial charge in [0.25, 0.3) is 0 Å². The van der Waals surface area contributed by atoms with Crippen molar-refractivity contribution >= 4 is 28.6 Å². The van der Waals surface area contributed by atoms with Crippen LogP contribution in [0, 0.1) is 0 Å². The van der Waals surface area contributed by atoms with Crippen molar-refractivity contribution in [3.8, 4) is 17.2 Å². The van der Waals surface area contributed by atoms with Gasteiger partial charge in [-0.25, -0.2) is 4.79 Å². The summed E-state index contributed by atoms with van der Waals surface area (Å²) in [6.07, 6.45) is 1.21. The van der Waals surface area contributed by atoms with Gasteiger partial charge in [0, 0.05) is 29.0 Å². The van der Waals surface area contributed by atoms with Crippen molar-refractivity contribution in [2.24, 2.45) is 0 Å². The smallest absolute Gasteiger partial charge is 0.410 e. The van der Waals surface area contributed by atoms with Gasteiger partial charge in [0.1, 0.15) is 22.8 Å². The highest BCUT2D eigenvalue weighted by molar-refractivity contribution is 7.98. The summed E-state index contributed by atoms with van der Waals surface area (Å²) >= 11 is 1.93. The molecule has 1 aliphatic rings. The Labute approximate surface area is 283 Å². The van der Waals surface area contributed by atoms with Crippen molar-refractivity contribution < 1.29 is 28.5 Å². The number of nitrogens with zero attached hydrogens (tertiary/aromatic N) is 1. The lowest BCUT2D eigenvalue weighted by atomic mass is 9.87. The van der Waals surface area contributed by atoms with Gasteiger partial charge in [-0.1, -0.05) is 54.6 Å². The van der Waals surface area contributed by atoms with E-state index in [2.05, 4.69) is 48.5 Å². The zero-order chi connectivity index (χ0) is 33.2. The molecular weight excluding hydrogens is 610 g/mol. The maximum Gasteiger partial charge on any atom is 0.410 e. The third-order valence-electron chi connectivity index (χ3n) is 8.21. The molecule has 1 amide bonds. The van der Waals surface area contributed by atoms with Gasteiger partial charge in [0.05, 0.1) is 40.1 Å². The van der Waals surface area contributed by atoms with Crippen molar-refractivity contribution in [3.05, 3.63) is 102 Å². The largest absolute Gasteiger partial charge is 0.496 e. The zero-order valence-electron chi connectivity index (χ0n) is 28.2. The molecule has 47 heavy (non-hydrogen) atoms. The second kappa shape index (κ2) is 16.3. The molecule has 0 spiro atoms. The number of benzene rings is 4. The van der Waals surface area contributed by atoms with Crippen LogP contribution in [0.3, 0.4) is 0 Å². The highest BCUT2D eigenvalue weighted by Gasteiger charge is 2.35. The van der Waals surface area contributed by atoms with Gasteiger partial charge in [-0.2, -0.15) is 11.8 Å². The van der Waals surface area contributed by atoms with E-state index in [-0.39, 0.29) is 18.1 Å². The van der Waals surface area contributed by atoms with Gasteiger partial charge in [-0.15, -0.1) is 0 Å². The van der Waals surface area contributed by atoms with Crippen LogP contribution in [0.4, 0.5) is 4.79 Å². The number of rotatable bonds is 13. The Balaban J connectivity index is 1.24. The van der Waals surface area contributed by atoms with E-state index in [0.29, 0.717) is 26.3 Å². The van der Waals surface area contributed by atoms with E-state index >= 15 is 0 Å². The molecule has 0 radical (unpaired) electrons. The maximum absolute atomic E-state index is 13.1. The van der Waals surface area contributed by atoms with Gasteiger partial charge in [-0.05, 0) is 86.4 Å². The lowest BCUT2D eigenvalue weighted by Gasteiger charge is -2.39. The molecule has 7 nitrogen and oxygen atoms in total. The van der Waals surface area contributed by atoms with Crippen LogP contribution in [-0.4, -0.2) is 62.4 Å². The number of ether oxygens (including phenoxy) is 5. The Morgan fingerprint density at radius 2 is 1.64 bits per heavy atom. The number of hydrogen-bond donors (Lipinski definition) is 0. The minimum absolute atomic E-state index is 0.106. The van der Waals surface area contributed by atoms with Gasteiger partial charge in [0.2, 0.25) is 0 Å². The van der Waals surface area contributed by atoms with Crippen molar-refractivity contribution in [3.63, 3.8) is 0 Å². The number of fused-ring (bicyclic) bond motifs is 1. The standard InChI is InChI=1S/C39H47NO6S/c1-39(2,3)46-38(41)40-20-19-32(30-15-17-31(18-16-30)44-21-10-22-47-27-28-11-7-6-8-12-28)37(25-40)45-26-29-23-34-33(36(24-29)43-5)13-9-14-35(34)42-4/h6-9,11-18,23-24,32,37H,10,19-22,25-27H2,1-5H3. The van der Waals surface area contributed by atoms with E-state index in [1.807, 2.05) is 68.9 Å². The molecule has 1 aliphatic heterocycles. The second-order valence-electron chi connectivity index (χ2n) is 12.8. The fourth-order valence-electron chi connectivity index (χ4n) is 5.90. The third-order valence-corrected chi connectivity index (χ3v) is 9.33. The quantitative estimate of drug-likeness (QED) is 0.133. The summed E-state index contributed by atoms with van der Waals surface area (Å²) in [6.45, 7) is 7.74. The van der Waals surface area contributed by atoms with Gasteiger partial charge in [0.15, 0.2) is 0 Å². The molecule has 8 heteroatoms. The second-order valence-corrected chi connectivity index (χ2v) is 13.9. The molecule has 0 N–H and O–H groups in total. The van der Waals surface area contributed by atoms with Crippen molar-refractivity contribution in [2.75, 3.05) is 39.7 Å². The van der Waals surface area contributed by atoms with Crippen molar-refractivity contribution in [1.29, 1.82) is 0 Å². The summed E-state index contributed by atoms with van der Waals surface area (Å²) in [5.41, 5.74) is 2.92. The minimum Gasteiger partial charge on any atom is -0.496 e. The normalized spacial score (nSPS) is 16.6. The number of carbonyl (C=O) groups excluding carboxylic acids is 1. The van der Waals surface area contributed by atoms with Crippen LogP contribution >= 0.6 is 11.8 Å². The maximum atomic E-state index is 13.1. The Hall–Kier alpha value is -3.88. The number of methoxy groups -OCH3 is 2. The highest BCUT2D eigenvalue weighted by atomic mass is 32.2. The van der Waals surface area contributed by atoms with E-state index in [4.69, 9.17) is 23.7 Å². The molecule has 4 aromatic carbocycles. The summed E-state index contributed by atoms with van der Waals surface area (Å²) in [5.74, 6) is 4.59. The first-order valence-electron chi connectivity index (χ1n) is 16.3. The van der Waals surface area contributed by atoms with E-state index in [9.17, 15) is 4.79 Å². The van der Waals surface area contributed by atoms with Crippen molar-refractivity contribution in [2.45, 2.75) is 63.6 Å². The number of amides is 1. The van der Waals surface area contributed by atoms with Crippen LogP contribution in [0.1, 0.15) is 56.2 Å². The summed E-state index contributed by atoms with van der Waals surface area (Å²) in [6, 6.07) is 28.9. The number of carbonyl (C=O) groups is 1. The average Bonchev–Trinajstić information content (AvgIpc) is 3.08. The first kappa shape index (κ1) is 34.5. The SMILES string of the molecule is COc1cc(COC2CN(C(=O)OC(C)(C)C)CCC2c2ccc(OCCCSCc3ccccc3)cc2)cc2c(OC)cccc12. The monoisotopic (exact) mass is 657 g/mol. The average molecular weight is 658 g/mol. The molecule has 1 saturated heterocycles. The van der Waals surface area contributed by atoms with E-state index in [1.165, 1.54) is 11.1 Å². The summed E-state index contributed by atoms with van der Waals surface area (Å²) in [7, 11) is 3.35. The molecule has 2 atom stereocenters. The van der Waals surface area contributed by atoms with Crippen molar-refractivity contribution in [1.82, 2.24) is 4.90 Å². The molecule has 5 rings (SSSR count). The number of hydrogen-bond acceptors (Lipinski definition) is 7. The Morgan fingerprint density at radius 1 is 0.872 bits per heavy atom. The molecule has 1 fully saturated rings. The molecule has 250 valence electrons. The molecule has 0 saturated carbocycles. The molecule has 1 heterocycles. The fourth-order valence-corrected chi connectivity index (χ4v) is 6.79. The fraction of sp³-hybridized carbons (Fsp3) is 0.410. The number of likely N-dealkylation sites (tertiary alicyclic amines) is 1. The van der Waals surface area contributed by atoms with Crippen LogP contribution in [0.2, 0.25) is 0 Å². The highest BCUT2D eigenvalue weighted by Crippen LogP contribution is 2.36. The number of thioether (sulfide) groups is 1. The topological polar surface area (TPSA) is 66.5 Å². The first-order chi connectivity index (χ1) is 22.7. The Bertz CT molecular complexity index is 1590. The van der Waals surface area contributed by atoms with Crippen LogP contribution in [0.25, 0.3) is 10.8 Å². The third kappa shape index (κ3) is 9.58. The molecule has 2 unspecified atom stereocenters. The van der Waals surface area contributed by atoms with E-state index in [0.717, 1.165) is 57.9 Å². The van der Waals surface area contributed by atoms with Crippen LogP contribution in [0.5, 0.6) is 17.2 Å². The van der Waals surface area contributed by atoms with Gasteiger partial charge in [-0.3, -0.25) is 0 Å². The molecule has 0 aromatic heterocycles. The predicted molar refractivity (Wildman–Crippen MR) is 190 cm³/mol. The van der Waals surface area contributed by atoms with Crippen LogP contribution in [0.15, 0.2) is 84.9 Å². The number of piperidine rings is 1. The lowest BCUT2D eigenvalue weighted by Crippen LogP contribution is -2.48. The molecule has 0 aliphatic carbocycles. The Kier molecular flexibility index (Phi) is 11.9. The summed E-state index contributed by atoms with van der Waals surface area (Å²) in [4.78, 5) is 14.8. The van der Waals surface area contributed by atoms with Crippen LogP contribution < -0.4 is 14.2 Å². The predicted octanol–water partition coefficient (Wildman–Crippen LogP) is 8.87. The lowest BCUT2D eigenvalue weighted by molar-refractivity contribution is -0.0359. The van der Waals surface area contributed by atoms with E-state index < -0.39 is 5.60 Å². The Morgan fingerprint density at radius 3 is 2.36 bits per heavy atom. The molecule has 4 aromatic rings. The first-order valence-corrected chi connectivity index (χ1v) is 17.5. The van der Waals surface area contributed by atoms with Gasteiger partial charge >= 0.3 is 6.09 Å². The van der Waals surface area contributed by atoms with E-state index in [1.54, 1.807) is 19.1 Å². The minimum atomic E-state index is -0.568. The zero-order valence-corrected chi connectivity index (χ0v) is 29.0. The summed E-state index contributed by atoms with van der Waals surface area (Å²) in [5, 5.41) is 1.95. The molecular formula is C39H47NO6S. The molecule has 0 bridgehead atoms. The van der Waals surface area contributed by atoms with Crippen LogP contribution in [-0.2, 0) is 21.8 Å². The summed E-state index contributed by atoms with van der Waals surface area (Å²) < 4.78 is 29.8. The van der Waals surface area contributed by atoms with Gasteiger partial charge < -0.3 is 28.6 Å².